The minimum absolute atomic E-state index is 0.164. The number of hydrogen-bond acceptors (Lipinski definition) is 3. The highest BCUT2D eigenvalue weighted by atomic mass is 16.5. The molecule has 17 heavy (non-hydrogen) atoms. The van der Waals surface area contributed by atoms with E-state index in [0.29, 0.717) is 18.5 Å². The first-order valence-electron chi connectivity index (χ1n) is 6.42. The van der Waals surface area contributed by atoms with E-state index in [1.54, 1.807) is 7.11 Å². The van der Waals surface area contributed by atoms with Crippen LogP contribution in [0.15, 0.2) is 0 Å². The lowest BCUT2D eigenvalue weighted by Gasteiger charge is -2.35. The first-order chi connectivity index (χ1) is 7.85. The second-order valence-electron chi connectivity index (χ2n) is 5.71. The van der Waals surface area contributed by atoms with Crippen LogP contribution in [0, 0.1) is 0 Å². The van der Waals surface area contributed by atoms with Crippen LogP contribution in [0.2, 0.25) is 0 Å². The van der Waals surface area contributed by atoms with Crippen molar-refractivity contribution in [2.24, 2.45) is 5.73 Å². The number of methoxy groups -OCH3 is 1. The molecule has 0 aliphatic heterocycles. The summed E-state index contributed by atoms with van der Waals surface area (Å²) in [7, 11) is 3.54. The van der Waals surface area contributed by atoms with Crippen LogP contribution in [0.25, 0.3) is 0 Å². The van der Waals surface area contributed by atoms with Gasteiger partial charge in [0, 0.05) is 26.2 Å². The molecule has 0 saturated heterocycles. The van der Waals surface area contributed by atoms with E-state index in [2.05, 4.69) is 0 Å². The summed E-state index contributed by atoms with van der Waals surface area (Å²) in [5.74, 6) is 0.164. The Morgan fingerprint density at radius 3 is 2.35 bits per heavy atom. The highest BCUT2D eigenvalue weighted by molar-refractivity contribution is 5.77. The molecule has 0 spiro atoms. The molecule has 0 bridgehead atoms. The molecule has 1 fully saturated rings. The maximum atomic E-state index is 12.1. The Kier molecular flexibility index (Phi) is 4.95. The molecule has 1 aliphatic carbocycles. The van der Waals surface area contributed by atoms with E-state index in [-0.39, 0.29) is 11.5 Å². The summed E-state index contributed by atoms with van der Waals surface area (Å²) in [6.07, 6.45) is 4.53. The zero-order chi connectivity index (χ0) is 13.1. The fourth-order valence-electron chi connectivity index (χ4n) is 2.25. The molecule has 0 heterocycles. The normalized spacial score (nSPS) is 25.7. The predicted octanol–water partition coefficient (Wildman–Crippen LogP) is 1.53. The third-order valence-corrected chi connectivity index (χ3v) is 3.81. The molecule has 1 rings (SSSR count). The van der Waals surface area contributed by atoms with Gasteiger partial charge in [-0.3, -0.25) is 4.79 Å². The van der Waals surface area contributed by atoms with Crippen molar-refractivity contribution in [1.82, 2.24) is 4.90 Å². The van der Waals surface area contributed by atoms with E-state index in [9.17, 15) is 4.79 Å². The fourth-order valence-corrected chi connectivity index (χ4v) is 2.25. The summed E-state index contributed by atoms with van der Waals surface area (Å²) in [4.78, 5) is 14.0. The van der Waals surface area contributed by atoms with Gasteiger partial charge in [0.15, 0.2) is 0 Å². The molecule has 0 radical (unpaired) electrons. The van der Waals surface area contributed by atoms with Gasteiger partial charge < -0.3 is 15.4 Å². The standard InChI is InChI=1S/C13H26N2O2/c1-13(2,17-4)9-12(16)15(3)11-7-5-10(14)6-8-11/h10-11H,5-9,14H2,1-4H3. The van der Waals surface area contributed by atoms with Crippen LogP contribution in [0.5, 0.6) is 0 Å². The fraction of sp³-hybridized carbons (Fsp3) is 0.923. The smallest absolute Gasteiger partial charge is 0.225 e. The number of carbonyl (C=O) groups excluding carboxylic acids is 1. The molecule has 4 heteroatoms. The molecule has 2 N–H and O–H groups in total. The summed E-state index contributed by atoms with van der Waals surface area (Å²) in [5, 5.41) is 0. The van der Waals surface area contributed by atoms with Crippen molar-refractivity contribution in [1.29, 1.82) is 0 Å². The van der Waals surface area contributed by atoms with Gasteiger partial charge >= 0.3 is 0 Å². The lowest BCUT2D eigenvalue weighted by Crippen LogP contribution is -2.44. The summed E-state index contributed by atoms with van der Waals surface area (Å²) in [5.41, 5.74) is 5.49. The van der Waals surface area contributed by atoms with E-state index in [4.69, 9.17) is 10.5 Å². The van der Waals surface area contributed by atoms with Gasteiger partial charge in [0.1, 0.15) is 0 Å². The molecule has 0 aromatic carbocycles. The van der Waals surface area contributed by atoms with Crippen molar-refractivity contribution in [2.75, 3.05) is 14.2 Å². The SMILES string of the molecule is COC(C)(C)CC(=O)N(C)C1CCC(N)CC1. The Bertz CT molecular complexity index is 258. The van der Waals surface area contributed by atoms with Crippen molar-refractivity contribution >= 4 is 5.91 Å². The minimum Gasteiger partial charge on any atom is -0.378 e. The number of ether oxygens (including phenoxy) is 1. The number of nitrogens with zero attached hydrogens (tertiary/aromatic N) is 1. The minimum atomic E-state index is -0.379. The lowest BCUT2D eigenvalue weighted by molar-refractivity contribution is -0.137. The maximum Gasteiger partial charge on any atom is 0.225 e. The molecule has 1 aliphatic rings. The van der Waals surface area contributed by atoms with Gasteiger partial charge in [-0.1, -0.05) is 0 Å². The zero-order valence-electron chi connectivity index (χ0n) is 11.5. The van der Waals surface area contributed by atoms with Crippen LogP contribution in [-0.2, 0) is 9.53 Å². The van der Waals surface area contributed by atoms with Crippen molar-refractivity contribution in [3.63, 3.8) is 0 Å². The van der Waals surface area contributed by atoms with Crippen molar-refractivity contribution < 1.29 is 9.53 Å². The van der Waals surface area contributed by atoms with Gasteiger partial charge in [0.05, 0.1) is 12.0 Å². The van der Waals surface area contributed by atoms with Crippen LogP contribution in [0.3, 0.4) is 0 Å². The molecule has 0 aromatic rings. The molecular formula is C13H26N2O2. The molecule has 0 aromatic heterocycles. The predicted molar refractivity (Wildman–Crippen MR) is 68.7 cm³/mol. The van der Waals surface area contributed by atoms with Crippen LogP contribution < -0.4 is 5.73 Å². The average molecular weight is 242 g/mol. The van der Waals surface area contributed by atoms with E-state index in [0.717, 1.165) is 25.7 Å². The van der Waals surface area contributed by atoms with Crippen molar-refractivity contribution in [3.05, 3.63) is 0 Å². The summed E-state index contributed by atoms with van der Waals surface area (Å²) in [6, 6.07) is 0.681. The molecule has 0 unspecified atom stereocenters. The van der Waals surface area contributed by atoms with Gasteiger partial charge in [-0.15, -0.1) is 0 Å². The van der Waals surface area contributed by atoms with Crippen LogP contribution in [0.4, 0.5) is 0 Å². The van der Waals surface area contributed by atoms with Gasteiger partial charge in [0.25, 0.3) is 0 Å². The highest BCUT2D eigenvalue weighted by Crippen LogP contribution is 2.23. The Hall–Kier alpha value is -0.610. The Morgan fingerprint density at radius 1 is 1.35 bits per heavy atom. The van der Waals surface area contributed by atoms with Gasteiger partial charge in [-0.25, -0.2) is 0 Å². The molecule has 1 amide bonds. The van der Waals surface area contributed by atoms with E-state index in [1.807, 2.05) is 25.8 Å². The summed E-state index contributed by atoms with van der Waals surface area (Å²) >= 11 is 0. The third-order valence-electron chi connectivity index (χ3n) is 3.81. The Labute approximate surface area is 104 Å². The molecular weight excluding hydrogens is 216 g/mol. The monoisotopic (exact) mass is 242 g/mol. The largest absolute Gasteiger partial charge is 0.378 e. The van der Waals surface area contributed by atoms with Gasteiger partial charge in [-0.05, 0) is 39.5 Å². The molecule has 100 valence electrons. The van der Waals surface area contributed by atoms with Crippen LogP contribution >= 0.6 is 0 Å². The molecule has 4 nitrogen and oxygen atoms in total. The van der Waals surface area contributed by atoms with Crippen molar-refractivity contribution in [3.8, 4) is 0 Å². The first-order valence-corrected chi connectivity index (χ1v) is 6.42. The Morgan fingerprint density at radius 2 is 1.88 bits per heavy atom. The van der Waals surface area contributed by atoms with Gasteiger partial charge in [-0.2, -0.15) is 0 Å². The number of nitrogens with two attached hydrogens (primary N) is 1. The molecule has 0 atom stereocenters. The average Bonchev–Trinajstić information content (AvgIpc) is 2.28. The number of amides is 1. The number of hydrogen-bond donors (Lipinski definition) is 1. The lowest BCUT2D eigenvalue weighted by atomic mass is 9.90. The third kappa shape index (κ3) is 4.28. The maximum absolute atomic E-state index is 12.1. The van der Waals surface area contributed by atoms with Crippen LogP contribution in [0.1, 0.15) is 46.0 Å². The van der Waals surface area contributed by atoms with E-state index in [1.165, 1.54) is 0 Å². The van der Waals surface area contributed by atoms with Gasteiger partial charge in [0.2, 0.25) is 5.91 Å². The molecule has 1 saturated carbocycles. The quantitative estimate of drug-likeness (QED) is 0.813. The van der Waals surface area contributed by atoms with Crippen molar-refractivity contribution in [2.45, 2.75) is 63.6 Å². The number of carbonyl (C=O) groups is 1. The summed E-state index contributed by atoms with van der Waals surface area (Å²) < 4.78 is 5.30. The first kappa shape index (κ1) is 14.5. The Balaban J connectivity index is 2.46. The second kappa shape index (κ2) is 5.83. The highest BCUT2D eigenvalue weighted by Gasteiger charge is 2.28. The zero-order valence-corrected chi connectivity index (χ0v) is 11.5. The number of rotatable bonds is 4. The second-order valence-corrected chi connectivity index (χ2v) is 5.71. The topological polar surface area (TPSA) is 55.6 Å². The van der Waals surface area contributed by atoms with Crippen LogP contribution in [-0.4, -0.2) is 42.6 Å². The van der Waals surface area contributed by atoms with E-state index >= 15 is 0 Å². The van der Waals surface area contributed by atoms with E-state index < -0.39 is 0 Å². The summed E-state index contributed by atoms with van der Waals surface area (Å²) in [6.45, 7) is 3.88.